The van der Waals surface area contributed by atoms with E-state index in [1.807, 2.05) is 0 Å². The van der Waals surface area contributed by atoms with Crippen molar-refractivity contribution in [2.45, 2.75) is 12.3 Å². The molecule has 1 unspecified atom stereocenters. The summed E-state index contributed by atoms with van der Waals surface area (Å²) >= 11 is 9.34. The Balaban J connectivity index is 2.44. The molecule has 0 N–H and O–H groups in total. The van der Waals surface area contributed by atoms with Gasteiger partial charge in [-0.3, -0.25) is 0 Å². The van der Waals surface area contributed by atoms with Crippen molar-refractivity contribution < 1.29 is 8.78 Å². The Morgan fingerprint density at radius 2 is 1.89 bits per heavy atom. The quantitative estimate of drug-likeness (QED) is 0.650. The van der Waals surface area contributed by atoms with Crippen molar-refractivity contribution in [3.8, 4) is 0 Å². The molecule has 4 heteroatoms. The van der Waals surface area contributed by atoms with Crippen molar-refractivity contribution in [3.63, 3.8) is 0 Å². The molecular weight excluding hydrogens is 322 g/mol. The zero-order valence-corrected chi connectivity index (χ0v) is 11.9. The normalized spacial score (nSPS) is 12.5. The van der Waals surface area contributed by atoms with Crippen molar-refractivity contribution in [1.82, 2.24) is 0 Å². The lowest BCUT2D eigenvalue weighted by molar-refractivity contribution is 0.602. The molecule has 94 valence electrons. The summed E-state index contributed by atoms with van der Waals surface area (Å²) in [5.74, 6) is -0.690. The number of hydrogen-bond donors (Lipinski definition) is 0. The van der Waals surface area contributed by atoms with Gasteiger partial charge < -0.3 is 0 Å². The van der Waals surface area contributed by atoms with Crippen molar-refractivity contribution in [2.75, 3.05) is 0 Å². The second kappa shape index (κ2) is 5.37. The Morgan fingerprint density at radius 3 is 2.56 bits per heavy atom. The van der Waals surface area contributed by atoms with Crippen LogP contribution >= 0.6 is 27.5 Å². The molecule has 2 aromatic carbocycles. The number of aryl methyl sites for hydroxylation is 1. The van der Waals surface area contributed by atoms with E-state index in [0.29, 0.717) is 21.2 Å². The monoisotopic (exact) mass is 330 g/mol. The Labute approximate surface area is 118 Å². The van der Waals surface area contributed by atoms with Crippen molar-refractivity contribution in [1.29, 1.82) is 0 Å². The maximum Gasteiger partial charge on any atom is 0.137 e. The van der Waals surface area contributed by atoms with Crippen LogP contribution in [0.4, 0.5) is 8.78 Å². The van der Waals surface area contributed by atoms with Crippen molar-refractivity contribution in [3.05, 3.63) is 69.2 Å². The van der Waals surface area contributed by atoms with Crippen LogP contribution in [-0.4, -0.2) is 0 Å². The van der Waals surface area contributed by atoms with E-state index < -0.39 is 5.38 Å². The summed E-state index contributed by atoms with van der Waals surface area (Å²) in [6, 6.07) is 9.50. The molecule has 0 fully saturated rings. The zero-order valence-electron chi connectivity index (χ0n) is 9.55. The molecule has 0 heterocycles. The highest BCUT2D eigenvalue weighted by Gasteiger charge is 2.17. The molecule has 0 bridgehead atoms. The fourth-order valence-corrected chi connectivity index (χ4v) is 2.42. The van der Waals surface area contributed by atoms with Gasteiger partial charge in [0.25, 0.3) is 0 Å². The first-order valence-corrected chi connectivity index (χ1v) is 6.57. The zero-order chi connectivity index (χ0) is 13.3. The molecule has 0 spiro atoms. The van der Waals surface area contributed by atoms with Crippen molar-refractivity contribution >= 4 is 27.5 Å². The molecule has 2 aromatic rings. The van der Waals surface area contributed by atoms with Crippen LogP contribution in [0.15, 0.2) is 40.9 Å². The highest BCUT2D eigenvalue weighted by atomic mass is 79.9. The third kappa shape index (κ3) is 2.57. The lowest BCUT2D eigenvalue weighted by atomic mass is 10.0. The molecule has 0 saturated carbocycles. The Bertz CT molecular complexity index is 584. The van der Waals surface area contributed by atoms with E-state index in [4.69, 9.17) is 11.6 Å². The van der Waals surface area contributed by atoms with Crippen LogP contribution in [0, 0.1) is 18.6 Å². The van der Waals surface area contributed by atoms with Gasteiger partial charge in [0.2, 0.25) is 0 Å². The summed E-state index contributed by atoms with van der Waals surface area (Å²) < 4.78 is 27.4. The van der Waals surface area contributed by atoms with Crippen molar-refractivity contribution in [2.24, 2.45) is 0 Å². The fourth-order valence-electron chi connectivity index (χ4n) is 1.72. The molecule has 0 saturated heterocycles. The predicted molar refractivity (Wildman–Crippen MR) is 72.9 cm³/mol. The van der Waals surface area contributed by atoms with E-state index in [1.165, 1.54) is 6.07 Å². The number of hydrogen-bond acceptors (Lipinski definition) is 0. The molecule has 0 aliphatic rings. The first-order valence-electron chi connectivity index (χ1n) is 5.34. The van der Waals surface area contributed by atoms with Gasteiger partial charge in [-0.1, -0.05) is 24.3 Å². The molecule has 0 radical (unpaired) electrons. The van der Waals surface area contributed by atoms with Gasteiger partial charge in [0.05, 0.1) is 9.85 Å². The largest absolute Gasteiger partial charge is 0.206 e. The summed E-state index contributed by atoms with van der Waals surface area (Å²) in [6.45, 7) is 1.68. The van der Waals surface area contributed by atoms with E-state index in [9.17, 15) is 8.78 Å². The van der Waals surface area contributed by atoms with Crippen LogP contribution in [0.5, 0.6) is 0 Å². The van der Waals surface area contributed by atoms with Gasteiger partial charge in [0, 0.05) is 5.56 Å². The van der Waals surface area contributed by atoms with E-state index in [0.717, 1.165) is 0 Å². The average Bonchev–Trinajstić information content (AvgIpc) is 2.35. The molecule has 0 nitrogen and oxygen atoms in total. The summed E-state index contributed by atoms with van der Waals surface area (Å²) in [4.78, 5) is 0. The van der Waals surface area contributed by atoms with E-state index in [1.54, 1.807) is 37.3 Å². The van der Waals surface area contributed by atoms with Gasteiger partial charge in [-0.05, 0) is 46.1 Å². The minimum atomic E-state index is -0.637. The van der Waals surface area contributed by atoms with Gasteiger partial charge in [0.15, 0.2) is 0 Å². The fraction of sp³-hybridized carbons (Fsp3) is 0.143. The van der Waals surface area contributed by atoms with Crippen LogP contribution in [0.25, 0.3) is 0 Å². The van der Waals surface area contributed by atoms with Gasteiger partial charge in [-0.25, -0.2) is 8.78 Å². The molecular formula is C14H10BrClF2. The minimum absolute atomic E-state index is 0.318. The number of rotatable bonds is 2. The number of benzene rings is 2. The molecule has 2 rings (SSSR count). The first-order chi connectivity index (χ1) is 8.50. The van der Waals surface area contributed by atoms with E-state index in [-0.39, 0.29) is 11.6 Å². The third-order valence-electron chi connectivity index (χ3n) is 2.73. The summed E-state index contributed by atoms with van der Waals surface area (Å²) in [5, 5.41) is -0.637. The van der Waals surface area contributed by atoms with Gasteiger partial charge in [-0.2, -0.15) is 0 Å². The Hall–Kier alpha value is -0.930. The summed E-state index contributed by atoms with van der Waals surface area (Å²) in [7, 11) is 0. The topological polar surface area (TPSA) is 0 Å². The highest BCUT2D eigenvalue weighted by molar-refractivity contribution is 9.10. The van der Waals surface area contributed by atoms with Crippen LogP contribution < -0.4 is 0 Å². The van der Waals surface area contributed by atoms with Crippen LogP contribution in [0.2, 0.25) is 0 Å². The first kappa shape index (κ1) is 13.5. The van der Waals surface area contributed by atoms with Gasteiger partial charge in [0.1, 0.15) is 11.6 Å². The number of alkyl halides is 1. The molecule has 0 aliphatic carbocycles. The molecule has 0 aliphatic heterocycles. The second-order valence-corrected chi connectivity index (χ2v) is 5.30. The van der Waals surface area contributed by atoms with E-state index >= 15 is 0 Å². The molecule has 18 heavy (non-hydrogen) atoms. The molecule has 0 aromatic heterocycles. The van der Waals surface area contributed by atoms with Crippen LogP contribution in [0.3, 0.4) is 0 Å². The van der Waals surface area contributed by atoms with Crippen LogP contribution in [0.1, 0.15) is 22.1 Å². The number of halogens is 4. The second-order valence-electron chi connectivity index (χ2n) is 4.01. The highest BCUT2D eigenvalue weighted by Crippen LogP contribution is 2.33. The minimum Gasteiger partial charge on any atom is -0.206 e. The SMILES string of the molecule is Cc1cccc(C(Cl)c2ccc(F)c(Br)c2)c1F. The molecule has 0 amide bonds. The maximum absolute atomic E-state index is 13.9. The lowest BCUT2D eigenvalue weighted by Gasteiger charge is -2.13. The smallest absolute Gasteiger partial charge is 0.137 e. The van der Waals surface area contributed by atoms with Gasteiger partial charge >= 0.3 is 0 Å². The average molecular weight is 332 g/mol. The van der Waals surface area contributed by atoms with E-state index in [2.05, 4.69) is 15.9 Å². The third-order valence-corrected chi connectivity index (χ3v) is 3.83. The molecule has 1 atom stereocenters. The van der Waals surface area contributed by atoms with Crippen LogP contribution in [-0.2, 0) is 0 Å². The Kier molecular flexibility index (Phi) is 4.03. The van der Waals surface area contributed by atoms with Gasteiger partial charge in [-0.15, -0.1) is 11.6 Å². The summed E-state index contributed by atoms with van der Waals surface area (Å²) in [5.41, 5.74) is 1.59. The Morgan fingerprint density at radius 1 is 1.17 bits per heavy atom. The maximum atomic E-state index is 13.9. The summed E-state index contributed by atoms with van der Waals surface area (Å²) in [6.07, 6.45) is 0. The standard InChI is InChI=1S/C14H10BrClF2/c1-8-3-2-4-10(14(8)18)13(16)9-5-6-12(17)11(15)7-9/h2-7,13H,1H3. The lowest BCUT2D eigenvalue weighted by Crippen LogP contribution is -1.99. The predicted octanol–water partition coefficient (Wildman–Crippen LogP) is 5.36.